The number of ether oxygens (including phenoxy) is 1. The summed E-state index contributed by atoms with van der Waals surface area (Å²) in [5.41, 5.74) is 8.81. The zero-order valence-corrected chi connectivity index (χ0v) is 10.7. The Bertz CT molecular complexity index is 482. The van der Waals surface area contributed by atoms with Crippen LogP contribution in [0.1, 0.15) is 18.2 Å². The summed E-state index contributed by atoms with van der Waals surface area (Å²) in [4.78, 5) is 4.47. The Morgan fingerprint density at radius 2 is 2.29 bits per heavy atom. The first-order chi connectivity index (χ1) is 8.33. The van der Waals surface area contributed by atoms with Crippen molar-refractivity contribution in [2.45, 2.75) is 20.1 Å². The van der Waals surface area contributed by atoms with Crippen LogP contribution in [0.4, 0.5) is 0 Å². The summed E-state index contributed by atoms with van der Waals surface area (Å²) in [5.74, 6) is 0. The molecule has 1 heterocycles. The summed E-state index contributed by atoms with van der Waals surface area (Å²) in [6.45, 7) is 3.88. The largest absolute Gasteiger partial charge is 0.377 e. The van der Waals surface area contributed by atoms with Crippen LogP contribution in [-0.4, -0.2) is 11.6 Å². The minimum Gasteiger partial charge on any atom is -0.377 e. The van der Waals surface area contributed by atoms with E-state index in [-0.39, 0.29) is 0 Å². The number of hydrogen-bond donors (Lipinski definition) is 1. The van der Waals surface area contributed by atoms with Gasteiger partial charge < -0.3 is 10.5 Å². The smallest absolute Gasteiger partial charge is 0.123 e. The lowest BCUT2D eigenvalue weighted by Crippen LogP contribution is -1.96. The zero-order chi connectivity index (χ0) is 12.1. The van der Waals surface area contributed by atoms with Crippen LogP contribution in [0.3, 0.4) is 0 Å². The van der Waals surface area contributed by atoms with Crippen molar-refractivity contribution in [2.24, 2.45) is 5.73 Å². The van der Waals surface area contributed by atoms with Crippen molar-refractivity contribution in [3.05, 3.63) is 40.9 Å². The van der Waals surface area contributed by atoms with Gasteiger partial charge in [0.05, 0.1) is 12.3 Å². The molecule has 0 aliphatic carbocycles. The van der Waals surface area contributed by atoms with E-state index >= 15 is 0 Å². The van der Waals surface area contributed by atoms with Gasteiger partial charge in [-0.3, -0.25) is 0 Å². The molecule has 0 amide bonds. The maximum absolute atomic E-state index is 5.56. The van der Waals surface area contributed by atoms with Crippen LogP contribution in [0.25, 0.3) is 10.6 Å². The van der Waals surface area contributed by atoms with Crippen molar-refractivity contribution in [1.82, 2.24) is 4.98 Å². The quantitative estimate of drug-likeness (QED) is 0.885. The Hall–Kier alpha value is -1.23. The van der Waals surface area contributed by atoms with E-state index in [9.17, 15) is 0 Å². The van der Waals surface area contributed by atoms with Crippen LogP contribution >= 0.6 is 11.3 Å². The molecule has 4 heteroatoms. The predicted molar refractivity (Wildman–Crippen MR) is 70.8 cm³/mol. The van der Waals surface area contributed by atoms with Gasteiger partial charge >= 0.3 is 0 Å². The molecule has 0 spiro atoms. The fraction of sp³-hybridized carbons (Fsp3) is 0.308. The second kappa shape index (κ2) is 5.91. The molecule has 0 bridgehead atoms. The molecule has 0 aliphatic rings. The molecular formula is C13H16N2OS. The van der Waals surface area contributed by atoms with Gasteiger partial charge in [-0.25, -0.2) is 4.98 Å². The number of thiazole rings is 1. The molecule has 90 valence electrons. The highest BCUT2D eigenvalue weighted by Crippen LogP contribution is 2.24. The molecule has 0 atom stereocenters. The lowest BCUT2D eigenvalue weighted by Gasteiger charge is -2.03. The number of rotatable bonds is 5. The van der Waals surface area contributed by atoms with Gasteiger partial charge in [0.1, 0.15) is 5.01 Å². The van der Waals surface area contributed by atoms with E-state index in [0.717, 1.165) is 22.9 Å². The Morgan fingerprint density at radius 3 is 3.00 bits per heavy atom. The van der Waals surface area contributed by atoms with Crippen LogP contribution in [-0.2, 0) is 17.9 Å². The average Bonchev–Trinajstić information content (AvgIpc) is 2.85. The number of aromatic nitrogens is 1. The van der Waals surface area contributed by atoms with Crippen molar-refractivity contribution >= 4 is 11.3 Å². The molecule has 0 aliphatic heterocycles. The molecule has 2 rings (SSSR count). The van der Waals surface area contributed by atoms with Gasteiger partial charge in [-0.2, -0.15) is 0 Å². The summed E-state index contributed by atoms with van der Waals surface area (Å²) < 4.78 is 5.40. The predicted octanol–water partition coefficient (Wildman–Crippen LogP) is 2.81. The van der Waals surface area contributed by atoms with Gasteiger partial charge in [0, 0.05) is 24.1 Å². The van der Waals surface area contributed by atoms with E-state index in [1.807, 2.05) is 18.4 Å². The highest BCUT2D eigenvalue weighted by atomic mass is 32.1. The second-order valence-corrected chi connectivity index (χ2v) is 4.54. The number of nitrogens with two attached hydrogens (primary N) is 1. The number of benzene rings is 1. The van der Waals surface area contributed by atoms with Gasteiger partial charge in [0.15, 0.2) is 0 Å². The topological polar surface area (TPSA) is 48.1 Å². The Labute approximate surface area is 105 Å². The molecule has 1 aromatic carbocycles. The van der Waals surface area contributed by atoms with Crippen LogP contribution in [0.15, 0.2) is 29.6 Å². The third kappa shape index (κ3) is 3.12. The molecule has 0 saturated heterocycles. The molecule has 0 radical (unpaired) electrons. The fourth-order valence-corrected chi connectivity index (χ4v) is 2.38. The van der Waals surface area contributed by atoms with Crippen molar-refractivity contribution in [3.63, 3.8) is 0 Å². The van der Waals surface area contributed by atoms with Crippen LogP contribution in [0, 0.1) is 0 Å². The Kier molecular flexibility index (Phi) is 4.25. The van der Waals surface area contributed by atoms with Crippen molar-refractivity contribution in [3.8, 4) is 10.6 Å². The van der Waals surface area contributed by atoms with Crippen molar-refractivity contribution in [2.75, 3.05) is 6.61 Å². The maximum atomic E-state index is 5.56. The second-order valence-electron chi connectivity index (χ2n) is 3.69. The van der Waals surface area contributed by atoms with Gasteiger partial charge in [-0.05, 0) is 18.6 Å². The summed E-state index contributed by atoms with van der Waals surface area (Å²) in [5, 5.41) is 3.02. The molecular weight excluding hydrogens is 232 g/mol. The molecule has 0 saturated carbocycles. The van der Waals surface area contributed by atoms with E-state index < -0.39 is 0 Å². The maximum Gasteiger partial charge on any atom is 0.123 e. The van der Waals surface area contributed by atoms with Crippen molar-refractivity contribution in [1.29, 1.82) is 0 Å². The third-order valence-corrected chi connectivity index (χ3v) is 3.35. The van der Waals surface area contributed by atoms with Crippen molar-refractivity contribution < 1.29 is 4.74 Å². The number of hydrogen-bond acceptors (Lipinski definition) is 4. The summed E-state index contributed by atoms with van der Waals surface area (Å²) in [6, 6.07) is 8.28. The first-order valence-corrected chi connectivity index (χ1v) is 6.53. The molecule has 2 N–H and O–H groups in total. The highest BCUT2D eigenvalue weighted by molar-refractivity contribution is 7.13. The van der Waals surface area contributed by atoms with Crippen LogP contribution in [0.2, 0.25) is 0 Å². The molecule has 0 unspecified atom stereocenters. The van der Waals surface area contributed by atoms with Gasteiger partial charge in [0.25, 0.3) is 0 Å². The SMILES string of the molecule is CCOCc1cccc(-c2nc(CN)cs2)c1. The zero-order valence-electron chi connectivity index (χ0n) is 9.85. The molecule has 2 aromatic rings. The number of nitrogens with zero attached hydrogens (tertiary/aromatic N) is 1. The summed E-state index contributed by atoms with van der Waals surface area (Å²) in [7, 11) is 0. The van der Waals surface area contributed by atoms with E-state index in [2.05, 4.69) is 23.2 Å². The van der Waals surface area contributed by atoms with Crippen LogP contribution < -0.4 is 5.73 Å². The average molecular weight is 248 g/mol. The first-order valence-electron chi connectivity index (χ1n) is 5.65. The lowest BCUT2D eigenvalue weighted by atomic mass is 10.1. The standard InChI is InChI=1S/C13H16N2OS/c1-2-16-8-10-4-3-5-11(6-10)13-15-12(7-14)9-17-13/h3-6,9H,2,7-8,14H2,1H3. The van der Waals surface area contributed by atoms with E-state index in [0.29, 0.717) is 13.2 Å². The highest BCUT2D eigenvalue weighted by Gasteiger charge is 2.04. The van der Waals surface area contributed by atoms with E-state index in [1.165, 1.54) is 5.56 Å². The minimum atomic E-state index is 0.495. The monoisotopic (exact) mass is 248 g/mol. The molecule has 17 heavy (non-hydrogen) atoms. The first kappa shape index (κ1) is 12.2. The molecule has 1 aromatic heterocycles. The molecule has 3 nitrogen and oxygen atoms in total. The summed E-state index contributed by atoms with van der Waals surface area (Å²) >= 11 is 1.63. The molecule has 0 fully saturated rings. The van der Waals surface area contributed by atoms with Gasteiger partial charge in [-0.1, -0.05) is 18.2 Å². The van der Waals surface area contributed by atoms with Gasteiger partial charge in [-0.15, -0.1) is 11.3 Å². The third-order valence-electron chi connectivity index (χ3n) is 2.41. The normalized spacial score (nSPS) is 10.7. The Balaban J connectivity index is 2.20. The van der Waals surface area contributed by atoms with E-state index in [1.54, 1.807) is 11.3 Å². The van der Waals surface area contributed by atoms with Crippen LogP contribution in [0.5, 0.6) is 0 Å². The van der Waals surface area contributed by atoms with E-state index in [4.69, 9.17) is 10.5 Å². The summed E-state index contributed by atoms with van der Waals surface area (Å²) in [6.07, 6.45) is 0. The van der Waals surface area contributed by atoms with Gasteiger partial charge in [0.2, 0.25) is 0 Å². The minimum absolute atomic E-state index is 0.495. The lowest BCUT2D eigenvalue weighted by molar-refractivity contribution is 0.134. The Morgan fingerprint density at radius 1 is 1.41 bits per heavy atom. The fourth-order valence-electron chi connectivity index (χ4n) is 1.55.